The summed E-state index contributed by atoms with van der Waals surface area (Å²) in [6.45, 7) is 6.55. The molecule has 0 aliphatic carbocycles. The lowest BCUT2D eigenvalue weighted by atomic mass is 10.1. The average Bonchev–Trinajstić information content (AvgIpc) is 2.80. The summed E-state index contributed by atoms with van der Waals surface area (Å²) in [5, 5.41) is 0. The van der Waals surface area contributed by atoms with Gasteiger partial charge in [-0.1, -0.05) is 0 Å². The topological polar surface area (TPSA) is 139 Å². The zero-order valence-corrected chi connectivity index (χ0v) is 15.2. The number of nitrogens with one attached hydrogen (secondary N) is 1. The summed E-state index contributed by atoms with van der Waals surface area (Å²) in [7, 11) is 0. The second-order valence-corrected chi connectivity index (χ2v) is 5.02. The lowest BCUT2D eigenvalue weighted by molar-refractivity contribution is -0.142. The van der Waals surface area contributed by atoms with Crippen molar-refractivity contribution >= 4 is 23.9 Å². The third-order valence-electron chi connectivity index (χ3n) is 3.30. The van der Waals surface area contributed by atoms with E-state index >= 15 is 0 Å². The van der Waals surface area contributed by atoms with Gasteiger partial charge in [0.2, 0.25) is 0 Å². The van der Waals surface area contributed by atoms with E-state index in [4.69, 9.17) is 19.9 Å². The smallest absolute Gasteiger partial charge is 0.340 e. The summed E-state index contributed by atoms with van der Waals surface area (Å²) in [6.07, 6.45) is -0.386. The van der Waals surface area contributed by atoms with E-state index in [-0.39, 0.29) is 48.8 Å². The molecule has 1 rings (SSSR count). The number of ether oxygens (including phenoxy) is 3. The average molecular weight is 369 g/mol. The van der Waals surface area contributed by atoms with Gasteiger partial charge in [0.1, 0.15) is 0 Å². The van der Waals surface area contributed by atoms with Crippen molar-refractivity contribution in [3.05, 3.63) is 22.5 Å². The summed E-state index contributed by atoms with van der Waals surface area (Å²) in [4.78, 5) is 48.1. The lowest BCUT2D eigenvalue weighted by Crippen LogP contribution is -2.31. The van der Waals surface area contributed by atoms with Crippen LogP contribution in [-0.4, -0.2) is 48.4 Å². The fourth-order valence-corrected chi connectivity index (χ4v) is 2.41. The van der Waals surface area contributed by atoms with Gasteiger partial charge in [0.15, 0.2) is 0 Å². The van der Waals surface area contributed by atoms with Crippen molar-refractivity contribution in [3.63, 3.8) is 0 Å². The highest BCUT2D eigenvalue weighted by Gasteiger charge is 2.33. The van der Waals surface area contributed by atoms with Crippen LogP contribution in [0, 0.1) is 6.92 Å². The standard InChI is InChI=1S/C16H23N3O7/c1-5-24-11(20)8-10-13(15(22)26-7-3)12(14(21)25-6-2)9(4)19(10)18-16(17)23/h5-8H2,1-4H3,(H3,17,18,23). The SMILES string of the molecule is CCOC(=O)Cc1c(C(=O)OCC)c(C(=O)OCC)c(C)n1NC(N)=O. The molecule has 144 valence electrons. The number of aromatic nitrogens is 1. The lowest BCUT2D eigenvalue weighted by Gasteiger charge is -2.12. The monoisotopic (exact) mass is 369 g/mol. The van der Waals surface area contributed by atoms with Gasteiger partial charge < -0.3 is 19.9 Å². The largest absolute Gasteiger partial charge is 0.466 e. The number of rotatable bonds is 8. The van der Waals surface area contributed by atoms with Gasteiger partial charge in [0, 0.05) is 0 Å². The molecule has 0 aromatic carbocycles. The number of nitrogens with zero attached hydrogens (tertiary/aromatic N) is 1. The van der Waals surface area contributed by atoms with Crippen LogP contribution in [0.25, 0.3) is 0 Å². The minimum atomic E-state index is -0.945. The molecule has 0 spiro atoms. The van der Waals surface area contributed by atoms with Crippen molar-refractivity contribution < 1.29 is 33.4 Å². The van der Waals surface area contributed by atoms with Crippen LogP contribution in [0.5, 0.6) is 0 Å². The van der Waals surface area contributed by atoms with Crippen LogP contribution >= 0.6 is 0 Å². The fraction of sp³-hybridized carbons (Fsp3) is 0.500. The summed E-state index contributed by atoms with van der Waals surface area (Å²) in [6, 6.07) is -0.945. The maximum absolute atomic E-state index is 12.4. The van der Waals surface area contributed by atoms with Crippen LogP contribution < -0.4 is 11.2 Å². The fourth-order valence-electron chi connectivity index (χ4n) is 2.41. The molecule has 1 aromatic heterocycles. The van der Waals surface area contributed by atoms with Crippen LogP contribution in [0.1, 0.15) is 52.9 Å². The van der Waals surface area contributed by atoms with Crippen LogP contribution in [-0.2, 0) is 25.4 Å². The second kappa shape index (κ2) is 9.44. The van der Waals surface area contributed by atoms with E-state index in [1.807, 2.05) is 0 Å². The summed E-state index contributed by atoms with van der Waals surface area (Å²) < 4.78 is 16.0. The number of esters is 3. The van der Waals surface area contributed by atoms with E-state index in [2.05, 4.69) is 5.43 Å². The molecule has 2 amide bonds. The van der Waals surface area contributed by atoms with E-state index in [1.54, 1.807) is 20.8 Å². The van der Waals surface area contributed by atoms with Gasteiger partial charge in [-0.2, -0.15) is 0 Å². The number of hydrogen-bond acceptors (Lipinski definition) is 7. The number of nitrogens with two attached hydrogens (primary N) is 1. The number of hydrogen-bond donors (Lipinski definition) is 2. The minimum Gasteiger partial charge on any atom is -0.466 e. The van der Waals surface area contributed by atoms with Crippen molar-refractivity contribution in [2.45, 2.75) is 34.1 Å². The van der Waals surface area contributed by atoms with Crippen LogP contribution in [0.4, 0.5) is 4.79 Å². The Hall–Kier alpha value is -3.04. The minimum absolute atomic E-state index is 0.0150. The molecule has 0 unspecified atom stereocenters. The number of primary amides is 1. The van der Waals surface area contributed by atoms with Crippen molar-refractivity contribution in [1.82, 2.24) is 4.68 Å². The molecule has 1 heterocycles. The number of amides is 2. The molecule has 0 saturated heterocycles. The van der Waals surface area contributed by atoms with Gasteiger partial charge in [-0.25, -0.2) is 19.8 Å². The van der Waals surface area contributed by atoms with E-state index < -0.39 is 23.9 Å². The molecule has 1 aromatic rings. The van der Waals surface area contributed by atoms with Gasteiger partial charge in [-0.15, -0.1) is 0 Å². The molecule has 10 nitrogen and oxygen atoms in total. The van der Waals surface area contributed by atoms with Gasteiger partial charge in [0.25, 0.3) is 0 Å². The molecule has 0 bridgehead atoms. The van der Waals surface area contributed by atoms with Crippen molar-refractivity contribution in [2.24, 2.45) is 5.73 Å². The predicted octanol–water partition coefficient (Wildman–Crippen LogP) is 0.878. The van der Waals surface area contributed by atoms with Gasteiger partial charge in [-0.3, -0.25) is 9.47 Å². The highest BCUT2D eigenvalue weighted by molar-refractivity contribution is 6.06. The molecule has 0 saturated carbocycles. The van der Waals surface area contributed by atoms with E-state index in [0.717, 1.165) is 4.68 Å². The molecule has 0 fully saturated rings. The Labute approximate surface area is 150 Å². The Kier molecular flexibility index (Phi) is 7.63. The van der Waals surface area contributed by atoms with Crippen LogP contribution in [0.2, 0.25) is 0 Å². The van der Waals surface area contributed by atoms with Crippen molar-refractivity contribution in [1.29, 1.82) is 0 Å². The van der Waals surface area contributed by atoms with Crippen molar-refractivity contribution in [3.8, 4) is 0 Å². The van der Waals surface area contributed by atoms with Crippen molar-refractivity contribution in [2.75, 3.05) is 25.2 Å². The highest BCUT2D eigenvalue weighted by Crippen LogP contribution is 2.25. The molecule has 0 atom stereocenters. The van der Waals surface area contributed by atoms with E-state index in [1.165, 1.54) is 6.92 Å². The predicted molar refractivity (Wildman–Crippen MR) is 90.4 cm³/mol. The molecule has 0 radical (unpaired) electrons. The molecular weight excluding hydrogens is 346 g/mol. The zero-order chi connectivity index (χ0) is 19.9. The first-order valence-electron chi connectivity index (χ1n) is 8.08. The molecule has 0 aliphatic heterocycles. The molecule has 26 heavy (non-hydrogen) atoms. The number of carbonyl (C=O) groups excluding carboxylic acids is 4. The third-order valence-corrected chi connectivity index (χ3v) is 3.30. The quantitative estimate of drug-likeness (QED) is 0.512. The Bertz CT molecular complexity index is 709. The van der Waals surface area contributed by atoms with E-state index in [0.29, 0.717) is 0 Å². The number of carbonyl (C=O) groups is 4. The summed E-state index contributed by atoms with van der Waals surface area (Å²) in [5.74, 6) is -2.27. The Morgan fingerprint density at radius 2 is 1.42 bits per heavy atom. The molecule has 3 N–H and O–H groups in total. The van der Waals surface area contributed by atoms with Crippen LogP contribution in [0.3, 0.4) is 0 Å². The maximum atomic E-state index is 12.4. The highest BCUT2D eigenvalue weighted by atomic mass is 16.5. The summed E-state index contributed by atoms with van der Waals surface area (Å²) in [5.41, 5.74) is 7.33. The first kappa shape index (κ1) is 21.0. The maximum Gasteiger partial charge on any atom is 0.340 e. The number of urea groups is 1. The molecule has 10 heteroatoms. The van der Waals surface area contributed by atoms with E-state index in [9.17, 15) is 19.2 Å². The Morgan fingerprint density at radius 3 is 1.88 bits per heavy atom. The normalized spacial score (nSPS) is 10.2. The molecule has 0 aliphatic rings. The zero-order valence-electron chi connectivity index (χ0n) is 15.2. The van der Waals surface area contributed by atoms with Gasteiger partial charge in [-0.05, 0) is 27.7 Å². The van der Waals surface area contributed by atoms with Gasteiger partial charge >= 0.3 is 23.9 Å². The first-order chi connectivity index (χ1) is 12.3. The van der Waals surface area contributed by atoms with Gasteiger partial charge in [0.05, 0.1) is 48.8 Å². The second-order valence-electron chi connectivity index (χ2n) is 5.02. The van der Waals surface area contributed by atoms with Crippen LogP contribution in [0.15, 0.2) is 0 Å². The third kappa shape index (κ3) is 4.74. The first-order valence-corrected chi connectivity index (χ1v) is 8.08. The summed E-state index contributed by atoms with van der Waals surface area (Å²) >= 11 is 0. The Morgan fingerprint density at radius 1 is 0.923 bits per heavy atom. The Balaban J connectivity index is 3.64. The molecular formula is C16H23N3O7.